The predicted octanol–water partition coefficient (Wildman–Crippen LogP) is 1.83. The van der Waals surface area contributed by atoms with Crippen LogP contribution in [0.15, 0.2) is 47.6 Å². The molecule has 0 fully saturated rings. The molecule has 1 aromatic carbocycles. The molecule has 5 nitrogen and oxygen atoms in total. The molecule has 3 rings (SSSR count). The van der Waals surface area contributed by atoms with Crippen LogP contribution >= 0.6 is 0 Å². The van der Waals surface area contributed by atoms with Gasteiger partial charge in [-0.2, -0.15) is 4.31 Å². The Kier molecular flexibility index (Phi) is 3.19. The Labute approximate surface area is 118 Å². The maximum Gasteiger partial charge on any atom is 0.247 e. The standard InChI is InChI=1S/C14H15N3O2S/c1-15-13-6-7-16-8-14(13)20(18,19)17-9-11-4-2-3-5-12(11)10-17/h2-8H,9-10H2,1H3,(H,15,16). The Morgan fingerprint density at radius 1 is 1.15 bits per heavy atom. The monoisotopic (exact) mass is 289 g/mol. The highest BCUT2D eigenvalue weighted by Gasteiger charge is 2.31. The zero-order chi connectivity index (χ0) is 14.2. The van der Waals surface area contributed by atoms with Crippen molar-refractivity contribution >= 4 is 15.7 Å². The van der Waals surface area contributed by atoms with E-state index in [0.29, 0.717) is 18.8 Å². The summed E-state index contributed by atoms with van der Waals surface area (Å²) in [5, 5.41) is 2.90. The molecule has 0 radical (unpaired) electrons. The average Bonchev–Trinajstić information content (AvgIpc) is 2.92. The quantitative estimate of drug-likeness (QED) is 0.936. The first-order valence-electron chi connectivity index (χ1n) is 6.31. The lowest BCUT2D eigenvalue weighted by Crippen LogP contribution is -2.26. The summed E-state index contributed by atoms with van der Waals surface area (Å²) in [5.74, 6) is 0. The van der Waals surface area contributed by atoms with Gasteiger partial charge in [0.25, 0.3) is 0 Å². The van der Waals surface area contributed by atoms with Crippen molar-refractivity contribution in [3.63, 3.8) is 0 Å². The molecule has 1 aliphatic rings. The van der Waals surface area contributed by atoms with E-state index in [1.165, 1.54) is 10.5 Å². The molecular weight excluding hydrogens is 274 g/mol. The summed E-state index contributed by atoms with van der Waals surface area (Å²) in [7, 11) is -1.84. The summed E-state index contributed by atoms with van der Waals surface area (Å²) in [4.78, 5) is 4.15. The number of hydrogen-bond donors (Lipinski definition) is 1. The topological polar surface area (TPSA) is 62.3 Å². The molecular formula is C14H15N3O2S. The van der Waals surface area contributed by atoms with Crippen molar-refractivity contribution in [1.29, 1.82) is 0 Å². The number of fused-ring (bicyclic) bond motifs is 1. The fourth-order valence-corrected chi connectivity index (χ4v) is 3.94. The first-order chi connectivity index (χ1) is 9.63. The molecule has 0 spiro atoms. The van der Waals surface area contributed by atoms with Gasteiger partial charge in [0.15, 0.2) is 0 Å². The van der Waals surface area contributed by atoms with E-state index < -0.39 is 10.0 Å². The highest BCUT2D eigenvalue weighted by atomic mass is 32.2. The van der Waals surface area contributed by atoms with Crippen LogP contribution in [0.3, 0.4) is 0 Å². The Hall–Kier alpha value is -1.92. The highest BCUT2D eigenvalue weighted by molar-refractivity contribution is 7.89. The third-order valence-corrected chi connectivity index (χ3v) is 5.30. The van der Waals surface area contributed by atoms with E-state index in [9.17, 15) is 8.42 Å². The van der Waals surface area contributed by atoms with Gasteiger partial charge in [0, 0.05) is 32.5 Å². The van der Waals surface area contributed by atoms with Crippen LogP contribution in [0.25, 0.3) is 0 Å². The highest BCUT2D eigenvalue weighted by Crippen LogP contribution is 2.30. The Morgan fingerprint density at radius 2 is 1.80 bits per heavy atom. The summed E-state index contributed by atoms with van der Waals surface area (Å²) in [6, 6.07) is 9.45. The van der Waals surface area contributed by atoms with E-state index in [1.807, 2.05) is 24.3 Å². The first kappa shape index (κ1) is 13.1. The van der Waals surface area contributed by atoms with E-state index in [4.69, 9.17) is 0 Å². The van der Waals surface area contributed by atoms with Crippen molar-refractivity contribution in [3.8, 4) is 0 Å². The SMILES string of the molecule is CNc1ccncc1S(=O)(=O)N1Cc2ccccc2C1. The van der Waals surface area contributed by atoms with Gasteiger partial charge < -0.3 is 5.32 Å². The number of nitrogens with one attached hydrogen (secondary N) is 1. The zero-order valence-corrected chi connectivity index (χ0v) is 11.9. The largest absolute Gasteiger partial charge is 0.387 e. The minimum atomic E-state index is -3.54. The molecule has 1 aromatic heterocycles. The fraction of sp³-hybridized carbons (Fsp3) is 0.214. The second-order valence-corrected chi connectivity index (χ2v) is 6.57. The van der Waals surface area contributed by atoms with Crippen molar-refractivity contribution < 1.29 is 8.42 Å². The maximum atomic E-state index is 12.7. The second kappa shape index (κ2) is 4.88. The third-order valence-electron chi connectivity index (χ3n) is 3.48. The van der Waals surface area contributed by atoms with Crippen LogP contribution in [-0.2, 0) is 23.1 Å². The van der Waals surface area contributed by atoms with Gasteiger partial charge in [0.1, 0.15) is 4.90 Å². The van der Waals surface area contributed by atoms with Crippen LogP contribution in [0.5, 0.6) is 0 Å². The fourth-order valence-electron chi connectivity index (χ4n) is 2.40. The Bertz CT molecular complexity index is 719. The molecule has 0 bridgehead atoms. The molecule has 0 amide bonds. The van der Waals surface area contributed by atoms with E-state index >= 15 is 0 Å². The van der Waals surface area contributed by atoms with Crippen LogP contribution < -0.4 is 5.32 Å². The van der Waals surface area contributed by atoms with E-state index in [2.05, 4.69) is 10.3 Å². The number of hydrogen-bond acceptors (Lipinski definition) is 4. The van der Waals surface area contributed by atoms with Gasteiger partial charge in [-0.05, 0) is 17.2 Å². The molecule has 0 unspecified atom stereocenters. The smallest absolute Gasteiger partial charge is 0.247 e. The molecule has 0 saturated carbocycles. The lowest BCUT2D eigenvalue weighted by Gasteiger charge is -2.17. The molecule has 20 heavy (non-hydrogen) atoms. The molecule has 1 N–H and O–H groups in total. The molecule has 6 heteroatoms. The molecule has 1 aliphatic heterocycles. The van der Waals surface area contributed by atoms with E-state index in [1.54, 1.807) is 19.3 Å². The van der Waals surface area contributed by atoms with Gasteiger partial charge in [-0.15, -0.1) is 0 Å². The van der Waals surface area contributed by atoms with Crippen LogP contribution in [0, 0.1) is 0 Å². The lowest BCUT2D eigenvalue weighted by molar-refractivity contribution is 0.431. The van der Waals surface area contributed by atoms with Gasteiger partial charge in [-0.25, -0.2) is 8.42 Å². The Balaban J connectivity index is 1.99. The number of nitrogens with zero attached hydrogens (tertiary/aromatic N) is 2. The second-order valence-electron chi connectivity index (χ2n) is 4.66. The van der Waals surface area contributed by atoms with Crippen LogP contribution in [0.2, 0.25) is 0 Å². The van der Waals surface area contributed by atoms with Crippen molar-refractivity contribution in [2.45, 2.75) is 18.0 Å². The summed E-state index contributed by atoms with van der Waals surface area (Å²) in [6.07, 6.45) is 2.97. The summed E-state index contributed by atoms with van der Waals surface area (Å²) in [6.45, 7) is 0.826. The normalized spacial score (nSPS) is 15.1. The van der Waals surface area contributed by atoms with E-state index in [-0.39, 0.29) is 4.90 Å². The molecule has 2 heterocycles. The average molecular weight is 289 g/mol. The number of pyridine rings is 1. The molecule has 2 aromatic rings. The van der Waals surface area contributed by atoms with Crippen molar-refractivity contribution in [3.05, 3.63) is 53.9 Å². The number of anilines is 1. The maximum absolute atomic E-state index is 12.7. The third kappa shape index (κ3) is 2.07. The van der Waals surface area contributed by atoms with Gasteiger partial charge >= 0.3 is 0 Å². The van der Waals surface area contributed by atoms with Crippen LogP contribution in [0.1, 0.15) is 11.1 Å². The predicted molar refractivity (Wildman–Crippen MR) is 76.7 cm³/mol. The van der Waals surface area contributed by atoms with E-state index in [0.717, 1.165) is 11.1 Å². The Morgan fingerprint density at radius 3 is 2.40 bits per heavy atom. The summed E-state index contributed by atoms with van der Waals surface area (Å²) >= 11 is 0. The van der Waals surface area contributed by atoms with Crippen LogP contribution in [-0.4, -0.2) is 24.8 Å². The minimum Gasteiger partial charge on any atom is -0.387 e. The number of sulfonamides is 1. The number of rotatable bonds is 3. The van der Waals surface area contributed by atoms with Gasteiger partial charge in [0.05, 0.1) is 5.69 Å². The molecule has 0 atom stereocenters. The molecule has 0 aliphatic carbocycles. The van der Waals surface area contributed by atoms with Gasteiger partial charge in [0.2, 0.25) is 10.0 Å². The number of benzene rings is 1. The lowest BCUT2D eigenvalue weighted by atomic mass is 10.1. The number of aromatic nitrogens is 1. The summed E-state index contributed by atoms with van der Waals surface area (Å²) in [5.41, 5.74) is 2.69. The first-order valence-corrected chi connectivity index (χ1v) is 7.75. The van der Waals surface area contributed by atoms with Crippen LogP contribution in [0.4, 0.5) is 5.69 Å². The minimum absolute atomic E-state index is 0.218. The van der Waals surface area contributed by atoms with Crippen molar-refractivity contribution in [1.82, 2.24) is 9.29 Å². The summed E-state index contributed by atoms with van der Waals surface area (Å²) < 4.78 is 26.9. The zero-order valence-electron chi connectivity index (χ0n) is 11.1. The van der Waals surface area contributed by atoms with Crippen molar-refractivity contribution in [2.75, 3.05) is 12.4 Å². The van der Waals surface area contributed by atoms with Gasteiger partial charge in [-0.1, -0.05) is 24.3 Å². The molecule has 104 valence electrons. The molecule has 0 saturated heterocycles. The van der Waals surface area contributed by atoms with Crippen molar-refractivity contribution in [2.24, 2.45) is 0 Å². The van der Waals surface area contributed by atoms with Gasteiger partial charge in [-0.3, -0.25) is 4.98 Å².